The van der Waals surface area contributed by atoms with Crippen molar-refractivity contribution in [1.29, 1.82) is 0 Å². The predicted octanol–water partition coefficient (Wildman–Crippen LogP) is 2.76. The van der Waals surface area contributed by atoms with Crippen molar-refractivity contribution in [1.82, 2.24) is 9.97 Å². The van der Waals surface area contributed by atoms with Crippen molar-refractivity contribution < 1.29 is 0 Å². The van der Waals surface area contributed by atoms with Crippen molar-refractivity contribution in [3.63, 3.8) is 0 Å². The molecule has 0 unspecified atom stereocenters. The van der Waals surface area contributed by atoms with E-state index in [9.17, 15) is 4.79 Å². The lowest BCUT2D eigenvalue weighted by Gasteiger charge is -1.90. The second-order valence-electron chi connectivity index (χ2n) is 2.79. The van der Waals surface area contributed by atoms with E-state index in [1.165, 1.54) is 12.3 Å². The highest BCUT2D eigenvalue weighted by molar-refractivity contribution is 9.10. The van der Waals surface area contributed by atoms with Gasteiger partial charge in [0, 0.05) is 21.6 Å². The van der Waals surface area contributed by atoms with Crippen LogP contribution < -0.4 is 5.56 Å². The van der Waals surface area contributed by atoms with Gasteiger partial charge in [-0.05, 0) is 39.5 Å². The van der Waals surface area contributed by atoms with Crippen LogP contribution >= 0.6 is 27.3 Å². The summed E-state index contributed by atoms with van der Waals surface area (Å²) in [6.45, 7) is 0. The molecule has 3 nitrogen and oxygen atoms in total. The Bertz CT molecular complexity index is 544. The first-order valence-corrected chi connectivity index (χ1v) is 5.89. The van der Waals surface area contributed by atoms with Crippen LogP contribution in [0.3, 0.4) is 0 Å². The molecule has 0 aliphatic carbocycles. The van der Waals surface area contributed by atoms with E-state index in [0.717, 1.165) is 9.35 Å². The molecule has 0 aromatic carbocycles. The monoisotopic (exact) mass is 282 g/mol. The molecule has 0 spiro atoms. The molecule has 1 N–H and O–H groups in total. The maximum Gasteiger partial charge on any atom is 0.251 e. The Hall–Kier alpha value is -1.20. The molecule has 76 valence electrons. The molecule has 0 saturated carbocycles. The fourth-order valence-electron chi connectivity index (χ4n) is 1.05. The second-order valence-corrected chi connectivity index (χ2v) is 4.59. The number of nitrogens with zero attached hydrogens (tertiary/aromatic N) is 1. The number of aromatic amines is 1. The highest BCUT2D eigenvalue weighted by Crippen LogP contribution is 2.24. The zero-order valence-corrected chi connectivity index (χ0v) is 10.0. The molecular formula is C10H7BrN2OS. The van der Waals surface area contributed by atoms with Gasteiger partial charge in [-0.25, -0.2) is 4.98 Å². The minimum absolute atomic E-state index is 0.144. The third kappa shape index (κ3) is 2.64. The maximum atomic E-state index is 11.0. The van der Waals surface area contributed by atoms with Crippen LogP contribution in [0.15, 0.2) is 33.0 Å². The van der Waals surface area contributed by atoms with Crippen LogP contribution in [-0.4, -0.2) is 9.97 Å². The Labute approximate surface area is 98.6 Å². The standard InChI is InChI=1S/C10H7BrN2OS/c11-7-4-6-15-8(7)1-2-9-12-5-3-10(14)13-9/h1-6H,(H,12,13,14). The third-order valence-electron chi connectivity index (χ3n) is 1.73. The molecule has 2 aromatic rings. The molecule has 0 aliphatic heterocycles. The summed E-state index contributed by atoms with van der Waals surface area (Å²) in [5, 5.41) is 1.99. The number of halogens is 1. The second kappa shape index (κ2) is 4.55. The van der Waals surface area contributed by atoms with E-state index < -0.39 is 0 Å². The van der Waals surface area contributed by atoms with Gasteiger partial charge in [-0.2, -0.15) is 0 Å². The van der Waals surface area contributed by atoms with E-state index >= 15 is 0 Å². The van der Waals surface area contributed by atoms with Crippen molar-refractivity contribution >= 4 is 39.4 Å². The summed E-state index contributed by atoms with van der Waals surface area (Å²) in [4.78, 5) is 18.7. The number of rotatable bonds is 2. The van der Waals surface area contributed by atoms with Crippen LogP contribution in [0, 0.1) is 0 Å². The molecule has 15 heavy (non-hydrogen) atoms. The van der Waals surface area contributed by atoms with Crippen molar-refractivity contribution in [2.24, 2.45) is 0 Å². The number of aromatic nitrogens is 2. The van der Waals surface area contributed by atoms with Crippen LogP contribution in [0.4, 0.5) is 0 Å². The van der Waals surface area contributed by atoms with E-state index in [0.29, 0.717) is 5.82 Å². The first-order chi connectivity index (χ1) is 7.25. The largest absolute Gasteiger partial charge is 0.307 e. The van der Waals surface area contributed by atoms with Gasteiger partial charge in [0.15, 0.2) is 0 Å². The number of hydrogen-bond donors (Lipinski definition) is 1. The average molecular weight is 283 g/mol. The quantitative estimate of drug-likeness (QED) is 0.921. The molecule has 2 aromatic heterocycles. The predicted molar refractivity (Wildman–Crippen MR) is 65.8 cm³/mol. The Morgan fingerprint density at radius 3 is 2.93 bits per heavy atom. The fraction of sp³-hybridized carbons (Fsp3) is 0. The summed E-state index contributed by atoms with van der Waals surface area (Å²) < 4.78 is 1.04. The van der Waals surface area contributed by atoms with E-state index in [2.05, 4.69) is 25.9 Å². The summed E-state index contributed by atoms with van der Waals surface area (Å²) in [7, 11) is 0. The topological polar surface area (TPSA) is 45.8 Å². The molecule has 5 heteroatoms. The number of hydrogen-bond acceptors (Lipinski definition) is 3. The van der Waals surface area contributed by atoms with Crippen LogP contribution in [0.2, 0.25) is 0 Å². The zero-order valence-electron chi connectivity index (χ0n) is 7.61. The van der Waals surface area contributed by atoms with E-state index in [4.69, 9.17) is 0 Å². The Kier molecular flexibility index (Phi) is 3.13. The summed E-state index contributed by atoms with van der Waals surface area (Å²) in [6.07, 6.45) is 5.17. The normalized spacial score (nSPS) is 11.0. The molecule has 2 heterocycles. The molecular weight excluding hydrogens is 276 g/mol. The molecule has 0 radical (unpaired) electrons. The van der Waals surface area contributed by atoms with Gasteiger partial charge in [-0.15, -0.1) is 11.3 Å². The van der Waals surface area contributed by atoms with Crippen molar-refractivity contribution in [3.8, 4) is 0 Å². The number of thiophene rings is 1. The van der Waals surface area contributed by atoms with Gasteiger partial charge in [0.05, 0.1) is 0 Å². The number of H-pyrrole nitrogens is 1. The van der Waals surface area contributed by atoms with E-state index in [1.807, 2.05) is 17.5 Å². The van der Waals surface area contributed by atoms with Crippen LogP contribution in [0.25, 0.3) is 12.2 Å². The van der Waals surface area contributed by atoms with Crippen molar-refractivity contribution in [3.05, 3.63) is 49.2 Å². The zero-order chi connectivity index (χ0) is 10.7. The van der Waals surface area contributed by atoms with Gasteiger partial charge in [0.25, 0.3) is 5.56 Å². The summed E-state index contributed by atoms with van der Waals surface area (Å²) in [6, 6.07) is 3.36. The third-order valence-corrected chi connectivity index (χ3v) is 3.56. The average Bonchev–Trinajstić information content (AvgIpc) is 2.61. The van der Waals surface area contributed by atoms with Gasteiger partial charge in [0.2, 0.25) is 0 Å². The van der Waals surface area contributed by atoms with E-state index in [-0.39, 0.29) is 5.56 Å². The van der Waals surface area contributed by atoms with Gasteiger partial charge >= 0.3 is 0 Å². The summed E-state index contributed by atoms with van der Waals surface area (Å²) >= 11 is 5.04. The maximum absolute atomic E-state index is 11.0. The minimum Gasteiger partial charge on any atom is -0.307 e. The van der Waals surface area contributed by atoms with Crippen molar-refractivity contribution in [2.75, 3.05) is 0 Å². The molecule has 0 bridgehead atoms. The fourth-order valence-corrected chi connectivity index (χ4v) is 2.45. The first kappa shape index (κ1) is 10.3. The van der Waals surface area contributed by atoms with Crippen LogP contribution in [0.5, 0.6) is 0 Å². The van der Waals surface area contributed by atoms with E-state index in [1.54, 1.807) is 17.4 Å². The first-order valence-electron chi connectivity index (χ1n) is 4.22. The molecule has 0 aliphatic rings. The highest BCUT2D eigenvalue weighted by Gasteiger charge is 1.96. The highest BCUT2D eigenvalue weighted by atomic mass is 79.9. The SMILES string of the molecule is O=c1ccnc(C=Cc2sccc2Br)[nH]1. The molecule has 2 rings (SSSR count). The summed E-state index contributed by atoms with van der Waals surface area (Å²) in [5.74, 6) is 0.558. The summed E-state index contributed by atoms with van der Waals surface area (Å²) in [5.41, 5.74) is -0.144. The molecule has 0 fully saturated rings. The molecule has 0 saturated heterocycles. The Balaban J connectivity index is 2.26. The van der Waals surface area contributed by atoms with Crippen LogP contribution in [-0.2, 0) is 0 Å². The molecule has 0 atom stereocenters. The van der Waals surface area contributed by atoms with Gasteiger partial charge in [-0.3, -0.25) is 4.79 Å². The van der Waals surface area contributed by atoms with Crippen molar-refractivity contribution in [2.45, 2.75) is 0 Å². The lowest BCUT2D eigenvalue weighted by atomic mass is 10.4. The molecule has 0 amide bonds. The smallest absolute Gasteiger partial charge is 0.251 e. The number of nitrogens with one attached hydrogen (secondary N) is 1. The van der Waals surface area contributed by atoms with Gasteiger partial charge in [0.1, 0.15) is 5.82 Å². The minimum atomic E-state index is -0.144. The van der Waals surface area contributed by atoms with Crippen LogP contribution in [0.1, 0.15) is 10.7 Å². The Morgan fingerprint density at radius 1 is 1.40 bits per heavy atom. The Morgan fingerprint density at radius 2 is 2.27 bits per heavy atom. The lowest BCUT2D eigenvalue weighted by Crippen LogP contribution is -2.05. The van der Waals surface area contributed by atoms with Gasteiger partial charge < -0.3 is 4.98 Å². The lowest BCUT2D eigenvalue weighted by molar-refractivity contribution is 1.09. The van der Waals surface area contributed by atoms with Gasteiger partial charge in [-0.1, -0.05) is 0 Å².